The molecule has 1 rings (SSSR count). The number of aliphatic hydroxyl groups excluding tert-OH is 1. The molecule has 2 N–H and O–H groups in total. The first kappa shape index (κ1) is 13.0. The number of nitrogens with one attached hydrogen (secondary N) is 1. The quantitative estimate of drug-likeness (QED) is 0.771. The summed E-state index contributed by atoms with van der Waals surface area (Å²) < 4.78 is 0. The van der Waals surface area contributed by atoms with E-state index in [1.165, 1.54) is 0 Å². The topological polar surface area (TPSA) is 45.1 Å². The molecule has 3 nitrogen and oxygen atoms in total. The van der Waals surface area contributed by atoms with Gasteiger partial charge in [-0.15, -0.1) is 11.3 Å². The van der Waals surface area contributed by atoms with Crippen molar-refractivity contribution < 1.29 is 5.11 Å². The predicted molar refractivity (Wildman–Crippen MR) is 67.5 cm³/mol. The molecule has 0 aromatic carbocycles. The average Bonchev–Trinajstić information content (AvgIpc) is 2.71. The second-order valence-corrected chi connectivity index (χ2v) is 5.10. The van der Waals surface area contributed by atoms with E-state index in [-0.39, 0.29) is 12.6 Å². The van der Waals surface area contributed by atoms with E-state index in [0.717, 1.165) is 17.9 Å². The van der Waals surface area contributed by atoms with Crippen LogP contribution in [0.25, 0.3) is 0 Å². The Hall–Kier alpha value is -0.100. The zero-order valence-electron chi connectivity index (χ0n) is 9.14. The molecule has 2 atom stereocenters. The molecule has 86 valence electrons. The van der Waals surface area contributed by atoms with Crippen LogP contribution in [0, 0.1) is 0 Å². The minimum atomic E-state index is 0.238. The van der Waals surface area contributed by atoms with Gasteiger partial charge in [-0.2, -0.15) is 11.8 Å². The largest absolute Gasteiger partial charge is 0.396 e. The summed E-state index contributed by atoms with van der Waals surface area (Å²) in [5.41, 5.74) is 2.94. The molecule has 0 fully saturated rings. The number of thioether (sulfide) groups is 1. The molecule has 1 heterocycles. The normalized spacial score (nSPS) is 15.1. The number of rotatable bonds is 7. The number of thiazole rings is 1. The lowest BCUT2D eigenvalue weighted by Crippen LogP contribution is -2.34. The highest BCUT2D eigenvalue weighted by Gasteiger charge is 2.13. The molecular weight excluding hydrogens is 228 g/mol. The highest BCUT2D eigenvalue weighted by Crippen LogP contribution is 2.14. The van der Waals surface area contributed by atoms with Gasteiger partial charge in [0.25, 0.3) is 0 Å². The highest BCUT2D eigenvalue weighted by atomic mass is 32.2. The molecule has 0 aliphatic carbocycles. The Labute approximate surface area is 99.3 Å². The Morgan fingerprint density at radius 1 is 1.67 bits per heavy atom. The van der Waals surface area contributed by atoms with Crippen molar-refractivity contribution in [3.63, 3.8) is 0 Å². The van der Waals surface area contributed by atoms with Crippen LogP contribution < -0.4 is 5.32 Å². The molecule has 15 heavy (non-hydrogen) atoms. The maximum Gasteiger partial charge on any atom is 0.0795 e. The molecule has 2 unspecified atom stereocenters. The van der Waals surface area contributed by atoms with E-state index in [1.54, 1.807) is 23.1 Å². The van der Waals surface area contributed by atoms with Gasteiger partial charge >= 0.3 is 0 Å². The molecule has 0 saturated carbocycles. The molecule has 0 spiro atoms. The minimum absolute atomic E-state index is 0.238. The summed E-state index contributed by atoms with van der Waals surface area (Å²) in [5.74, 6) is 1.02. The molecule has 5 heteroatoms. The van der Waals surface area contributed by atoms with E-state index in [1.807, 2.05) is 5.51 Å². The summed E-state index contributed by atoms with van der Waals surface area (Å²) in [6, 6.07) is 0.627. The van der Waals surface area contributed by atoms with Gasteiger partial charge in [-0.25, -0.2) is 4.98 Å². The van der Waals surface area contributed by atoms with Crippen molar-refractivity contribution >= 4 is 23.1 Å². The van der Waals surface area contributed by atoms with Crippen molar-refractivity contribution in [1.29, 1.82) is 0 Å². The average molecular weight is 246 g/mol. The fourth-order valence-corrected chi connectivity index (χ4v) is 2.76. The first-order valence-electron chi connectivity index (χ1n) is 5.01. The Bertz CT molecular complexity index is 248. The molecule has 0 aliphatic rings. The van der Waals surface area contributed by atoms with Crippen LogP contribution in [0.3, 0.4) is 0 Å². The van der Waals surface area contributed by atoms with Crippen LogP contribution in [0.15, 0.2) is 10.9 Å². The van der Waals surface area contributed by atoms with Gasteiger partial charge in [0.15, 0.2) is 0 Å². The SMILES string of the molecule is CSCC(CCO)NC(C)c1cscn1. The second-order valence-electron chi connectivity index (χ2n) is 3.47. The maximum atomic E-state index is 8.94. The van der Waals surface area contributed by atoms with E-state index >= 15 is 0 Å². The van der Waals surface area contributed by atoms with Crippen LogP contribution >= 0.6 is 23.1 Å². The van der Waals surface area contributed by atoms with Gasteiger partial charge in [-0.3, -0.25) is 0 Å². The highest BCUT2D eigenvalue weighted by molar-refractivity contribution is 7.98. The van der Waals surface area contributed by atoms with Crippen molar-refractivity contribution in [3.05, 3.63) is 16.6 Å². The number of nitrogens with zero attached hydrogens (tertiary/aromatic N) is 1. The molecule has 0 saturated heterocycles. The summed E-state index contributed by atoms with van der Waals surface area (Å²) in [5, 5.41) is 14.5. The Kier molecular flexibility index (Phi) is 6.24. The number of aliphatic hydroxyl groups is 1. The van der Waals surface area contributed by atoms with E-state index in [9.17, 15) is 0 Å². The smallest absolute Gasteiger partial charge is 0.0795 e. The van der Waals surface area contributed by atoms with E-state index < -0.39 is 0 Å². The van der Waals surface area contributed by atoms with E-state index in [2.05, 4.69) is 28.9 Å². The molecule has 0 radical (unpaired) electrons. The third-order valence-corrected chi connectivity index (χ3v) is 3.57. The van der Waals surface area contributed by atoms with Crippen molar-refractivity contribution in [2.45, 2.75) is 25.4 Å². The summed E-state index contributed by atoms with van der Waals surface area (Å²) in [6.07, 6.45) is 2.88. The van der Waals surface area contributed by atoms with E-state index in [4.69, 9.17) is 5.11 Å². The lowest BCUT2D eigenvalue weighted by atomic mass is 10.2. The lowest BCUT2D eigenvalue weighted by Gasteiger charge is -2.21. The van der Waals surface area contributed by atoms with Gasteiger partial charge in [0.2, 0.25) is 0 Å². The first-order chi connectivity index (χ1) is 7.27. The number of hydrogen-bond donors (Lipinski definition) is 2. The van der Waals surface area contributed by atoms with Gasteiger partial charge in [-0.05, 0) is 19.6 Å². The maximum absolute atomic E-state index is 8.94. The standard InChI is InChI=1S/C10H18N2OS2/c1-8(10-6-15-7-11-10)12-9(3-4-13)5-14-2/h6-9,12-13H,3-5H2,1-2H3. The Morgan fingerprint density at radius 3 is 3.00 bits per heavy atom. The molecule has 1 aromatic heterocycles. The zero-order chi connectivity index (χ0) is 11.1. The van der Waals surface area contributed by atoms with Crippen molar-refractivity contribution in [1.82, 2.24) is 10.3 Å². The van der Waals surface area contributed by atoms with Crippen molar-refractivity contribution in [3.8, 4) is 0 Å². The monoisotopic (exact) mass is 246 g/mol. The molecule has 0 bridgehead atoms. The van der Waals surface area contributed by atoms with Crippen LogP contribution in [0.4, 0.5) is 0 Å². The molecule has 1 aromatic rings. The summed E-state index contributed by atoms with van der Waals surface area (Å²) in [4.78, 5) is 4.28. The predicted octanol–water partition coefficient (Wildman–Crippen LogP) is 1.91. The van der Waals surface area contributed by atoms with Crippen LogP contribution in [-0.2, 0) is 0 Å². The van der Waals surface area contributed by atoms with Gasteiger partial charge in [0.05, 0.1) is 11.2 Å². The summed E-state index contributed by atoms with van der Waals surface area (Å²) in [6.45, 7) is 2.35. The van der Waals surface area contributed by atoms with Crippen molar-refractivity contribution in [2.75, 3.05) is 18.6 Å². The van der Waals surface area contributed by atoms with Gasteiger partial charge < -0.3 is 10.4 Å². The van der Waals surface area contributed by atoms with Gasteiger partial charge in [-0.1, -0.05) is 0 Å². The summed E-state index contributed by atoms with van der Waals surface area (Å²) >= 11 is 3.41. The second kappa shape index (κ2) is 7.22. The lowest BCUT2D eigenvalue weighted by molar-refractivity contribution is 0.265. The zero-order valence-corrected chi connectivity index (χ0v) is 10.8. The molecular formula is C10H18N2OS2. The minimum Gasteiger partial charge on any atom is -0.396 e. The van der Waals surface area contributed by atoms with Gasteiger partial charge in [0, 0.05) is 29.8 Å². The fourth-order valence-electron chi connectivity index (χ4n) is 1.45. The number of hydrogen-bond acceptors (Lipinski definition) is 5. The first-order valence-corrected chi connectivity index (χ1v) is 7.35. The Balaban J connectivity index is 2.43. The van der Waals surface area contributed by atoms with Crippen LogP contribution in [-0.4, -0.2) is 34.7 Å². The summed E-state index contributed by atoms with van der Waals surface area (Å²) in [7, 11) is 0. The fraction of sp³-hybridized carbons (Fsp3) is 0.700. The van der Waals surface area contributed by atoms with Crippen LogP contribution in [0.1, 0.15) is 25.1 Å². The van der Waals surface area contributed by atoms with Crippen LogP contribution in [0.5, 0.6) is 0 Å². The Morgan fingerprint density at radius 2 is 2.47 bits per heavy atom. The van der Waals surface area contributed by atoms with Crippen LogP contribution in [0.2, 0.25) is 0 Å². The van der Waals surface area contributed by atoms with E-state index in [0.29, 0.717) is 6.04 Å². The molecule has 0 aliphatic heterocycles. The number of aromatic nitrogens is 1. The third-order valence-electron chi connectivity index (χ3n) is 2.23. The van der Waals surface area contributed by atoms with Crippen molar-refractivity contribution in [2.24, 2.45) is 0 Å². The van der Waals surface area contributed by atoms with Gasteiger partial charge in [0.1, 0.15) is 0 Å². The third kappa shape index (κ3) is 4.51. The molecule has 0 amide bonds.